The van der Waals surface area contributed by atoms with Gasteiger partial charge in [-0.05, 0) is 55.0 Å². The average Bonchev–Trinajstić information content (AvgIpc) is 3.19. The van der Waals surface area contributed by atoms with Crippen LogP contribution in [0, 0.1) is 0 Å². The van der Waals surface area contributed by atoms with Gasteiger partial charge in [0.1, 0.15) is 11.3 Å². The van der Waals surface area contributed by atoms with E-state index in [2.05, 4.69) is 17.2 Å². The molecule has 1 amide bonds. The zero-order valence-electron chi connectivity index (χ0n) is 16.2. The van der Waals surface area contributed by atoms with Crippen molar-refractivity contribution in [3.63, 3.8) is 0 Å². The van der Waals surface area contributed by atoms with Crippen LogP contribution in [0.5, 0.6) is 5.75 Å². The molecule has 146 valence electrons. The smallest absolute Gasteiger partial charge is 0.255 e. The molecule has 3 aromatic carbocycles. The Hall–Kier alpha value is -3.60. The number of carbonyl (C=O) groups is 1. The molecule has 0 aliphatic carbocycles. The van der Waals surface area contributed by atoms with Crippen LogP contribution in [-0.2, 0) is 0 Å². The van der Waals surface area contributed by atoms with Gasteiger partial charge in [-0.25, -0.2) is 4.98 Å². The second kappa shape index (κ2) is 8.61. The van der Waals surface area contributed by atoms with Gasteiger partial charge in [-0.3, -0.25) is 4.79 Å². The molecule has 0 saturated carbocycles. The molecule has 0 spiro atoms. The number of amides is 1. The van der Waals surface area contributed by atoms with Crippen molar-refractivity contribution < 1.29 is 13.9 Å². The maximum Gasteiger partial charge on any atom is 0.255 e. The maximum atomic E-state index is 12.7. The van der Waals surface area contributed by atoms with Crippen molar-refractivity contribution in [2.75, 3.05) is 11.9 Å². The highest BCUT2D eigenvalue weighted by atomic mass is 16.5. The van der Waals surface area contributed by atoms with Gasteiger partial charge in [0.15, 0.2) is 5.58 Å². The highest BCUT2D eigenvalue weighted by Crippen LogP contribution is 2.30. The maximum absolute atomic E-state index is 12.7. The van der Waals surface area contributed by atoms with Crippen LogP contribution in [0.4, 0.5) is 5.69 Å². The molecule has 5 heteroatoms. The number of carbonyl (C=O) groups excluding carboxylic acids is 1. The normalized spacial score (nSPS) is 10.8. The Morgan fingerprint density at radius 3 is 2.55 bits per heavy atom. The number of anilines is 1. The van der Waals surface area contributed by atoms with Gasteiger partial charge in [0, 0.05) is 5.56 Å². The SMILES string of the molecule is CCCCOc1ccc(C(=O)Nc2ccccc2-c2nc3ccccc3o2)cc1. The van der Waals surface area contributed by atoms with Crippen LogP contribution in [0.2, 0.25) is 0 Å². The number of ether oxygens (including phenoxy) is 1. The topological polar surface area (TPSA) is 64.4 Å². The lowest BCUT2D eigenvalue weighted by Gasteiger charge is -2.10. The number of fused-ring (bicyclic) bond motifs is 1. The number of nitrogens with one attached hydrogen (secondary N) is 1. The lowest BCUT2D eigenvalue weighted by molar-refractivity contribution is 0.102. The van der Waals surface area contributed by atoms with E-state index >= 15 is 0 Å². The summed E-state index contributed by atoms with van der Waals surface area (Å²) in [6, 6.07) is 22.2. The Labute approximate surface area is 169 Å². The van der Waals surface area contributed by atoms with Gasteiger partial charge in [0.05, 0.1) is 17.9 Å². The molecular formula is C24H22N2O3. The standard InChI is InChI=1S/C24H22N2O3/c1-2-3-16-28-18-14-12-17(13-15-18)23(27)25-20-9-5-4-8-19(20)24-26-21-10-6-7-11-22(21)29-24/h4-15H,2-3,16H2,1H3,(H,25,27). The van der Waals surface area contributed by atoms with Gasteiger partial charge in [-0.1, -0.05) is 37.6 Å². The Morgan fingerprint density at radius 2 is 1.76 bits per heavy atom. The van der Waals surface area contributed by atoms with Crippen molar-refractivity contribution in [1.29, 1.82) is 0 Å². The highest BCUT2D eigenvalue weighted by molar-refractivity contribution is 6.06. The monoisotopic (exact) mass is 386 g/mol. The number of aromatic nitrogens is 1. The fraction of sp³-hybridized carbons (Fsp3) is 0.167. The summed E-state index contributed by atoms with van der Waals surface area (Å²) >= 11 is 0. The molecule has 1 aromatic heterocycles. The molecule has 0 radical (unpaired) electrons. The van der Waals surface area contributed by atoms with E-state index in [-0.39, 0.29) is 5.91 Å². The van der Waals surface area contributed by atoms with Crippen LogP contribution in [0.25, 0.3) is 22.6 Å². The van der Waals surface area contributed by atoms with Crippen molar-refractivity contribution in [3.05, 3.63) is 78.4 Å². The summed E-state index contributed by atoms with van der Waals surface area (Å²) in [6.07, 6.45) is 2.09. The number of unbranched alkanes of at least 4 members (excludes halogenated alkanes) is 1. The molecule has 0 aliphatic rings. The number of hydrogen-bond acceptors (Lipinski definition) is 4. The lowest BCUT2D eigenvalue weighted by Crippen LogP contribution is -2.12. The third-order valence-corrected chi connectivity index (χ3v) is 4.58. The van der Waals surface area contributed by atoms with E-state index in [0.29, 0.717) is 29.3 Å². The molecule has 0 aliphatic heterocycles. The molecule has 1 heterocycles. The van der Waals surface area contributed by atoms with E-state index in [0.717, 1.165) is 29.7 Å². The number of nitrogens with zero attached hydrogens (tertiary/aromatic N) is 1. The molecule has 4 aromatic rings. The Morgan fingerprint density at radius 1 is 1.00 bits per heavy atom. The van der Waals surface area contributed by atoms with E-state index in [1.165, 1.54) is 0 Å². The van der Waals surface area contributed by atoms with Crippen molar-refractivity contribution in [2.45, 2.75) is 19.8 Å². The summed E-state index contributed by atoms with van der Waals surface area (Å²) in [4.78, 5) is 17.3. The van der Waals surface area contributed by atoms with Crippen LogP contribution in [0.15, 0.2) is 77.2 Å². The molecule has 5 nitrogen and oxygen atoms in total. The third kappa shape index (κ3) is 4.29. The number of hydrogen-bond donors (Lipinski definition) is 1. The van der Waals surface area contributed by atoms with Crippen LogP contribution >= 0.6 is 0 Å². The quantitative estimate of drug-likeness (QED) is 0.400. The molecule has 29 heavy (non-hydrogen) atoms. The van der Waals surface area contributed by atoms with Crippen molar-refractivity contribution in [2.24, 2.45) is 0 Å². The first-order chi connectivity index (χ1) is 14.2. The Balaban J connectivity index is 1.53. The van der Waals surface area contributed by atoms with E-state index in [1.807, 2.05) is 60.7 Å². The fourth-order valence-electron chi connectivity index (χ4n) is 3.00. The van der Waals surface area contributed by atoms with E-state index < -0.39 is 0 Å². The minimum absolute atomic E-state index is 0.200. The highest BCUT2D eigenvalue weighted by Gasteiger charge is 2.14. The van der Waals surface area contributed by atoms with Gasteiger partial charge >= 0.3 is 0 Å². The van der Waals surface area contributed by atoms with Gasteiger partial charge in [-0.15, -0.1) is 0 Å². The number of oxazole rings is 1. The van der Waals surface area contributed by atoms with E-state index in [9.17, 15) is 4.79 Å². The predicted molar refractivity (Wildman–Crippen MR) is 114 cm³/mol. The zero-order chi connectivity index (χ0) is 20.1. The Kier molecular flexibility index (Phi) is 5.56. The molecule has 1 N–H and O–H groups in total. The van der Waals surface area contributed by atoms with Crippen molar-refractivity contribution in [3.8, 4) is 17.2 Å². The van der Waals surface area contributed by atoms with Crippen molar-refractivity contribution in [1.82, 2.24) is 4.98 Å². The van der Waals surface area contributed by atoms with Crippen LogP contribution in [0.3, 0.4) is 0 Å². The number of para-hydroxylation sites is 3. The van der Waals surface area contributed by atoms with Gasteiger partial charge < -0.3 is 14.5 Å². The van der Waals surface area contributed by atoms with Gasteiger partial charge in [-0.2, -0.15) is 0 Å². The summed E-state index contributed by atoms with van der Waals surface area (Å²) in [5.41, 5.74) is 3.42. The summed E-state index contributed by atoms with van der Waals surface area (Å²) in [5, 5.41) is 2.96. The van der Waals surface area contributed by atoms with Crippen LogP contribution in [-0.4, -0.2) is 17.5 Å². The molecular weight excluding hydrogens is 364 g/mol. The third-order valence-electron chi connectivity index (χ3n) is 4.58. The summed E-state index contributed by atoms with van der Waals surface area (Å²) in [6.45, 7) is 2.80. The largest absolute Gasteiger partial charge is 0.494 e. The molecule has 0 fully saturated rings. The first-order valence-corrected chi connectivity index (χ1v) is 9.74. The summed E-state index contributed by atoms with van der Waals surface area (Å²) in [5.74, 6) is 1.04. The minimum atomic E-state index is -0.200. The zero-order valence-corrected chi connectivity index (χ0v) is 16.2. The molecule has 0 atom stereocenters. The van der Waals surface area contributed by atoms with Crippen LogP contribution in [0.1, 0.15) is 30.1 Å². The number of rotatable bonds is 7. The lowest BCUT2D eigenvalue weighted by atomic mass is 10.1. The van der Waals surface area contributed by atoms with Crippen LogP contribution < -0.4 is 10.1 Å². The first kappa shape index (κ1) is 18.7. The first-order valence-electron chi connectivity index (χ1n) is 9.74. The van der Waals surface area contributed by atoms with E-state index in [1.54, 1.807) is 12.1 Å². The van der Waals surface area contributed by atoms with Crippen molar-refractivity contribution >= 4 is 22.7 Å². The minimum Gasteiger partial charge on any atom is -0.494 e. The van der Waals surface area contributed by atoms with Gasteiger partial charge in [0.2, 0.25) is 5.89 Å². The Bertz CT molecular complexity index is 1080. The predicted octanol–water partition coefficient (Wildman–Crippen LogP) is 5.93. The molecule has 0 unspecified atom stereocenters. The summed E-state index contributed by atoms with van der Waals surface area (Å²) in [7, 11) is 0. The fourth-order valence-corrected chi connectivity index (χ4v) is 3.00. The van der Waals surface area contributed by atoms with Gasteiger partial charge in [0.25, 0.3) is 5.91 Å². The molecule has 4 rings (SSSR count). The second-order valence-electron chi connectivity index (χ2n) is 6.71. The summed E-state index contributed by atoms with van der Waals surface area (Å²) < 4.78 is 11.5. The molecule has 0 bridgehead atoms. The molecule has 0 saturated heterocycles. The number of benzene rings is 3. The van der Waals surface area contributed by atoms with E-state index in [4.69, 9.17) is 9.15 Å². The average molecular weight is 386 g/mol. The second-order valence-corrected chi connectivity index (χ2v) is 6.71.